The minimum Gasteiger partial charge on any atom is -0.220 e. The van der Waals surface area contributed by atoms with Crippen molar-refractivity contribution in [2.75, 3.05) is 0 Å². The van der Waals surface area contributed by atoms with Crippen molar-refractivity contribution in [3.8, 4) is 0 Å². The van der Waals surface area contributed by atoms with Crippen molar-refractivity contribution in [1.82, 2.24) is 0 Å². The lowest BCUT2D eigenvalue weighted by Gasteiger charge is -2.17. The van der Waals surface area contributed by atoms with Crippen LogP contribution < -0.4 is 0 Å². The maximum absolute atomic E-state index is 2.48. The maximum atomic E-state index is 2.48. The number of hydrogen-bond acceptors (Lipinski definition) is 1. The van der Waals surface area contributed by atoms with Crippen molar-refractivity contribution < 1.29 is 0 Å². The van der Waals surface area contributed by atoms with Gasteiger partial charge in [-0.3, -0.25) is 0 Å². The van der Waals surface area contributed by atoms with E-state index in [1.165, 1.54) is 12.7 Å². The molecule has 3 heteroatoms. The Hall–Kier alpha value is 0.372. The zero-order valence-corrected chi connectivity index (χ0v) is 10.7. The molecule has 1 aliphatic heterocycles. The van der Waals surface area contributed by atoms with Crippen LogP contribution in [-0.4, -0.2) is 13.2 Å². The molecule has 0 unspecified atom stereocenters. The minimum absolute atomic E-state index is 0.858. The fraction of sp³-hybridized carbons (Fsp3) is 0.778. The van der Waals surface area contributed by atoms with E-state index in [4.69, 9.17) is 0 Å². The van der Waals surface area contributed by atoms with Gasteiger partial charge >= 0.3 is 0 Å². The van der Waals surface area contributed by atoms with Crippen molar-refractivity contribution in [2.45, 2.75) is 46.6 Å². The van der Waals surface area contributed by atoms with Crippen LogP contribution in [0.2, 0.25) is 19.4 Å². The van der Waals surface area contributed by atoms with E-state index >= 15 is 0 Å². The lowest BCUT2D eigenvalue weighted by Crippen LogP contribution is -2.20. The lowest BCUT2D eigenvalue weighted by atomic mass is 9.63. The van der Waals surface area contributed by atoms with E-state index in [1.54, 1.807) is 10.7 Å². The van der Waals surface area contributed by atoms with E-state index in [9.17, 15) is 0 Å². The SMILES string of the molecule is CCB1S[Si](C)(C)C(C)=C1CC. The molecular formula is C9H19BSSi. The molecule has 1 heterocycles. The number of hydrogen-bond donors (Lipinski definition) is 0. The lowest BCUT2D eigenvalue weighted by molar-refractivity contribution is 1.16. The van der Waals surface area contributed by atoms with Gasteiger partial charge in [0.25, 0.3) is 0 Å². The summed E-state index contributed by atoms with van der Waals surface area (Å²) in [6.07, 6.45) is 2.59. The summed E-state index contributed by atoms with van der Waals surface area (Å²) in [5, 5.41) is 1.77. The highest BCUT2D eigenvalue weighted by Crippen LogP contribution is 2.43. The van der Waals surface area contributed by atoms with Crippen LogP contribution >= 0.6 is 11.1 Å². The van der Waals surface area contributed by atoms with Crippen LogP contribution in [0.4, 0.5) is 0 Å². The summed E-state index contributed by atoms with van der Waals surface area (Å²) in [6.45, 7) is 12.0. The van der Waals surface area contributed by atoms with Gasteiger partial charge in [-0.05, 0) is 13.3 Å². The van der Waals surface area contributed by atoms with Crippen LogP contribution in [0.1, 0.15) is 27.2 Å². The summed E-state index contributed by atoms with van der Waals surface area (Å²) in [5.41, 5.74) is 1.76. The minimum atomic E-state index is -1.02. The van der Waals surface area contributed by atoms with Gasteiger partial charge in [0.2, 0.25) is 5.99 Å². The van der Waals surface area contributed by atoms with Crippen molar-refractivity contribution in [2.24, 2.45) is 0 Å². The second-order valence-corrected chi connectivity index (χ2v) is 12.4. The Bertz CT molecular complexity index is 211. The van der Waals surface area contributed by atoms with Gasteiger partial charge in [0.15, 0.2) is 0 Å². The van der Waals surface area contributed by atoms with Gasteiger partial charge in [-0.15, -0.1) is 0 Å². The zero-order chi connectivity index (χ0) is 9.35. The van der Waals surface area contributed by atoms with Crippen molar-refractivity contribution in [3.63, 3.8) is 0 Å². The van der Waals surface area contributed by atoms with Crippen molar-refractivity contribution >= 4 is 24.3 Å². The van der Waals surface area contributed by atoms with Crippen LogP contribution in [0.5, 0.6) is 0 Å². The average Bonchev–Trinajstić information content (AvgIpc) is 2.24. The molecule has 68 valence electrons. The summed E-state index contributed by atoms with van der Waals surface area (Å²) >= 11 is 2.27. The summed E-state index contributed by atoms with van der Waals surface area (Å²) < 4.78 is 0. The highest BCUT2D eigenvalue weighted by atomic mass is 32.4. The van der Waals surface area contributed by atoms with E-state index in [-0.39, 0.29) is 0 Å². The second-order valence-electron chi connectivity index (χ2n) is 4.03. The molecule has 0 atom stereocenters. The molecule has 0 aromatic rings. The van der Waals surface area contributed by atoms with Crippen LogP contribution in [0.25, 0.3) is 0 Å². The Morgan fingerprint density at radius 3 is 2.25 bits per heavy atom. The Balaban J connectivity index is 2.93. The van der Waals surface area contributed by atoms with Crippen molar-refractivity contribution in [1.29, 1.82) is 0 Å². The first kappa shape index (κ1) is 10.5. The maximum Gasteiger partial charge on any atom is 0.230 e. The van der Waals surface area contributed by atoms with Gasteiger partial charge in [-0.2, -0.15) is 0 Å². The van der Waals surface area contributed by atoms with Crippen LogP contribution in [-0.2, 0) is 0 Å². The second kappa shape index (κ2) is 3.62. The summed E-state index contributed by atoms with van der Waals surface area (Å²) in [4.78, 5) is 0. The first-order valence-corrected chi connectivity index (χ1v) is 9.51. The standard InChI is InChI=1S/C9H19BSSi/c1-6-9-8(3)12(4,5)11-10(9)7-2/h6-7H2,1-5H3. The smallest absolute Gasteiger partial charge is 0.220 e. The summed E-state index contributed by atoms with van der Waals surface area (Å²) in [5.74, 6) is 0.858. The molecule has 1 aliphatic rings. The Labute approximate surface area is 81.8 Å². The quantitative estimate of drug-likeness (QED) is 0.609. The highest BCUT2D eigenvalue weighted by Gasteiger charge is 2.38. The molecular weight excluding hydrogens is 179 g/mol. The van der Waals surface area contributed by atoms with E-state index in [2.05, 4.69) is 44.9 Å². The summed E-state index contributed by atoms with van der Waals surface area (Å²) in [6, 6.07) is 0. The molecule has 1 rings (SSSR count). The predicted molar refractivity (Wildman–Crippen MR) is 64.3 cm³/mol. The molecule has 0 aromatic carbocycles. The fourth-order valence-electron chi connectivity index (χ4n) is 1.97. The van der Waals surface area contributed by atoms with Gasteiger partial charge in [0.1, 0.15) is 7.22 Å². The van der Waals surface area contributed by atoms with E-state index < -0.39 is 7.22 Å². The fourth-order valence-corrected chi connectivity index (χ4v) is 8.72. The molecule has 0 amide bonds. The molecule has 12 heavy (non-hydrogen) atoms. The normalized spacial score (nSPS) is 22.2. The third-order valence-electron chi connectivity index (χ3n) is 2.96. The van der Waals surface area contributed by atoms with Gasteiger partial charge in [-0.1, -0.05) is 43.9 Å². The van der Waals surface area contributed by atoms with Crippen LogP contribution in [0.15, 0.2) is 10.7 Å². The molecule has 0 spiro atoms. The topological polar surface area (TPSA) is 0 Å². The van der Waals surface area contributed by atoms with Gasteiger partial charge in [0, 0.05) is 0 Å². The summed E-state index contributed by atoms with van der Waals surface area (Å²) in [7, 11) is -1.02. The molecule has 0 bridgehead atoms. The zero-order valence-electron chi connectivity index (χ0n) is 8.90. The van der Waals surface area contributed by atoms with E-state index in [0.29, 0.717) is 0 Å². The molecule has 0 N–H and O–H groups in total. The molecule has 0 saturated heterocycles. The number of allylic oxidation sites excluding steroid dienone is 2. The Kier molecular flexibility index (Phi) is 3.16. The predicted octanol–water partition coefficient (Wildman–Crippen LogP) is 3.75. The first-order chi connectivity index (χ1) is 5.53. The van der Waals surface area contributed by atoms with Crippen molar-refractivity contribution in [3.05, 3.63) is 10.7 Å². The Morgan fingerprint density at radius 1 is 1.33 bits per heavy atom. The monoisotopic (exact) mass is 198 g/mol. The average molecular weight is 198 g/mol. The third-order valence-corrected chi connectivity index (χ3v) is 10.1. The molecule has 0 aliphatic carbocycles. The largest absolute Gasteiger partial charge is 0.230 e. The van der Waals surface area contributed by atoms with E-state index in [0.717, 1.165) is 5.99 Å². The van der Waals surface area contributed by atoms with Crippen LogP contribution in [0, 0.1) is 0 Å². The molecule has 0 saturated carbocycles. The molecule has 0 nitrogen and oxygen atoms in total. The molecule has 0 fully saturated rings. The third kappa shape index (κ3) is 1.67. The Morgan fingerprint density at radius 2 is 1.92 bits per heavy atom. The van der Waals surface area contributed by atoms with Gasteiger partial charge < -0.3 is 0 Å². The van der Waals surface area contributed by atoms with Gasteiger partial charge in [-0.25, -0.2) is 11.1 Å². The first-order valence-electron chi connectivity index (χ1n) is 4.90. The van der Waals surface area contributed by atoms with E-state index in [1.807, 2.05) is 0 Å². The highest BCUT2D eigenvalue weighted by molar-refractivity contribution is 8.49. The molecule has 0 aromatic heterocycles. The van der Waals surface area contributed by atoms with Crippen LogP contribution in [0.3, 0.4) is 0 Å². The van der Waals surface area contributed by atoms with Gasteiger partial charge in [0.05, 0.1) is 0 Å². The molecule has 0 radical (unpaired) electrons. The number of rotatable bonds is 2.